The standard InChI is InChI=1S/C17H21N3O2S2/c1-22-14-9-7-13(8-10-14)12-18-17(23)20-19-16(21)6-2-4-15-5-3-11-24-15/h3,5,7-11H,2,4,6,12H2,1H3,(H,19,21)(H2,18,20,23). The van der Waals surface area contributed by atoms with E-state index in [-0.39, 0.29) is 5.91 Å². The smallest absolute Gasteiger partial charge is 0.238 e. The molecule has 1 aromatic heterocycles. The molecule has 7 heteroatoms. The number of nitrogens with one attached hydrogen (secondary N) is 3. The lowest BCUT2D eigenvalue weighted by atomic mass is 10.2. The number of hydrogen-bond donors (Lipinski definition) is 3. The van der Waals surface area contributed by atoms with Gasteiger partial charge in [0, 0.05) is 17.8 Å². The predicted octanol–water partition coefficient (Wildman–Crippen LogP) is 2.77. The minimum atomic E-state index is -0.0693. The highest BCUT2D eigenvalue weighted by atomic mass is 32.1. The van der Waals surface area contributed by atoms with Gasteiger partial charge in [-0.2, -0.15) is 0 Å². The summed E-state index contributed by atoms with van der Waals surface area (Å²) in [7, 11) is 1.63. The van der Waals surface area contributed by atoms with Crippen molar-refractivity contribution >= 4 is 34.6 Å². The Labute approximate surface area is 151 Å². The molecule has 0 unspecified atom stereocenters. The Morgan fingerprint density at radius 2 is 2.00 bits per heavy atom. The van der Waals surface area contributed by atoms with Crippen molar-refractivity contribution in [2.45, 2.75) is 25.8 Å². The molecule has 5 nitrogen and oxygen atoms in total. The number of hydrazine groups is 1. The summed E-state index contributed by atoms with van der Waals surface area (Å²) in [5.41, 5.74) is 6.40. The van der Waals surface area contributed by atoms with Crippen LogP contribution in [0.4, 0.5) is 0 Å². The Morgan fingerprint density at radius 3 is 2.67 bits per heavy atom. The van der Waals surface area contributed by atoms with E-state index in [4.69, 9.17) is 17.0 Å². The molecule has 0 saturated heterocycles. The molecule has 0 bridgehead atoms. The third kappa shape index (κ3) is 6.55. The van der Waals surface area contributed by atoms with Crippen LogP contribution in [0.2, 0.25) is 0 Å². The Hall–Kier alpha value is -2.12. The van der Waals surface area contributed by atoms with Gasteiger partial charge in [-0.3, -0.25) is 15.6 Å². The van der Waals surface area contributed by atoms with Crippen molar-refractivity contribution in [2.75, 3.05) is 7.11 Å². The Bertz CT molecular complexity index is 642. The van der Waals surface area contributed by atoms with Crippen molar-refractivity contribution in [3.05, 3.63) is 52.2 Å². The first-order valence-electron chi connectivity index (χ1n) is 7.65. The molecule has 0 atom stereocenters. The molecule has 0 radical (unpaired) electrons. The highest BCUT2D eigenvalue weighted by Crippen LogP contribution is 2.12. The van der Waals surface area contributed by atoms with Gasteiger partial charge in [-0.1, -0.05) is 18.2 Å². The minimum absolute atomic E-state index is 0.0693. The van der Waals surface area contributed by atoms with Gasteiger partial charge in [0.1, 0.15) is 5.75 Å². The average Bonchev–Trinajstić information content (AvgIpc) is 3.12. The van der Waals surface area contributed by atoms with Gasteiger partial charge in [0.15, 0.2) is 5.11 Å². The van der Waals surface area contributed by atoms with E-state index in [0.717, 1.165) is 24.2 Å². The molecule has 0 aliphatic heterocycles. The monoisotopic (exact) mass is 363 g/mol. The van der Waals surface area contributed by atoms with E-state index < -0.39 is 0 Å². The first kappa shape index (κ1) is 18.2. The summed E-state index contributed by atoms with van der Waals surface area (Å²) in [6, 6.07) is 11.8. The number of carbonyl (C=O) groups excluding carboxylic acids is 1. The van der Waals surface area contributed by atoms with Crippen molar-refractivity contribution in [1.29, 1.82) is 0 Å². The zero-order chi connectivity index (χ0) is 17.2. The number of thiophene rings is 1. The number of carbonyl (C=O) groups is 1. The third-order valence-electron chi connectivity index (χ3n) is 3.33. The SMILES string of the molecule is COc1ccc(CNC(=S)NNC(=O)CCCc2cccs2)cc1. The van der Waals surface area contributed by atoms with E-state index in [9.17, 15) is 4.79 Å². The van der Waals surface area contributed by atoms with Crippen LogP contribution in [0.25, 0.3) is 0 Å². The number of ether oxygens (including phenoxy) is 1. The maximum Gasteiger partial charge on any atom is 0.238 e. The predicted molar refractivity (Wildman–Crippen MR) is 101 cm³/mol. The number of methoxy groups -OCH3 is 1. The highest BCUT2D eigenvalue weighted by Gasteiger charge is 2.03. The Morgan fingerprint density at radius 1 is 1.21 bits per heavy atom. The topological polar surface area (TPSA) is 62.4 Å². The fourth-order valence-corrected chi connectivity index (χ4v) is 2.91. The van der Waals surface area contributed by atoms with E-state index in [1.54, 1.807) is 18.4 Å². The molecule has 0 fully saturated rings. The Kier molecular flexibility index (Phi) is 7.51. The fraction of sp³-hybridized carbons (Fsp3) is 0.294. The van der Waals surface area contributed by atoms with Crippen LogP contribution >= 0.6 is 23.6 Å². The van der Waals surface area contributed by atoms with Crippen LogP contribution in [0.1, 0.15) is 23.3 Å². The van der Waals surface area contributed by atoms with Gasteiger partial charge in [-0.05, 0) is 54.2 Å². The summed E-state index contributed by atoms with van der Waals surface area (Å²) < 4.78 is 5.11. The van der Waals surface area contributed by atoms with Crippen LogP contribution in [-0.4, -0.2) is 18.1 Å². The van der Waals surface area contributed by atoms with Gasteiger partial charge in [0.25, 0.3) is 0 Å². The molecule has 0 aliphatic rings. The lowest BCUT2D eigenvalue weighted by Crippen LogP contribution is -2.46. The van der Waals surface area contributed by atoms with E-state index in [1.165, 1.54) is 4.88 Å². The molecular weight excluding hydrogens is 342 g/mol. The summed E-state index contributed by atoms with van der Waals surface area (Å²) in [5, 5.41) is 5.47. The highest BCUT2D eigenvalue weighted by molar-refractivity contribution is 7.80. The molecule has 0 saturated carbocycles. The largest absolute Gasteiger partial charge is 0.497 e. The normalized spacial score (nSPS) is 10.0. The second-order valence-electron chi connectivity index (χ2n) is 5.14. The maximum atomic E-state index is 11.7. The molecule has 2 rings (SSSR count). The lowest BCUT2D eigenvalue weighted by molar-refractivity contribution is -0.121. The summed E-state index contributed by atoms with van der Waals surface area (Å²) in [5.74, 6) is 0.745. The number of thiocarbonyl (C=S) groups is 1. The molecule has 0 spiro atoms. The molecule has 1 aromatic carbocycles. The molecule has 24 heavy (non-hydrogen) atoms. The van der Waals surface area contributed by atoms with Crippen LogP contribution in [-0.2, 0) is 17.8 Å². The first-order chi connectivity index (χ1) is 11.7. The number of hydrogen-bond acceptors (Lipinski definition) is 4. The summed E-state index contributed by atoms with van der Waals surface area (Å²) in [4.78, 5) is 13.0. The number of aryl methyl sites for hydroxylation is 1. The van der Waals surface area contributed by atoms with Crippen molar-refractivity contribution in [1.82, 2.24) is 16.2 Å². The first-order valence-corrected chi connectivity index (χ1v) is 8.94. The van der Waals surface area contributed by atoms with Crippen molar-refractivity contribution in [3.63, 3.8) is 0 Å². The molecule has 1 amide bonds. The van der Waals surface area contributed by atoms with Gasteiger partial charge >= 0.3 is 0 Å². The van der Waals surface area contributed by atoms with Crippen LogP contribution in [0.5, 0.6) is 5.75 Å². The quantitative estimate of drug-likeness (QED) is 0.522. The van der Waals surface area contributed by atoms with E-state index in [2.05, 4.69) is 22.2 Å². The maximum absolute atomic E-state index is 11.7. The number of benzene rings is 1. The van der Waals surface area contributed by atoms with Crippen LogP contribution in [0.3, 0.4) is 0 Å². The van der Waals surface area contributed by atoms with Gasteiger partial charge in [-0.15, -0.1) is 11.3 Å². The van der Waals surface area contributed by atoms with E-state index in [0.29, 0.717) is 18.1 Å². The zero-order valence-electron chi connectivity index (χ0n) is 13.5. The number of amides is 1. The van der Waals surface area contributed by atoms with Gasteiger partial charge in [-0.25, -0.2) is 0 Å². The third-order valence-corrected chi connectivity index (χ3v) is 4.52. The molecule has 0 aliphatic carbocycles. The van der Waals surface area contributed by atoms with Gasteiger partial charge in [0.05, 0.1) is 7.11 Å². The summed E-state index contributed by atoms with van der Waals surface area (Å²) in [6.07, 6.45) is 2.21. The molecule has 128 valence electrons. The zero-order valence-corrected chi connectivity index (χ0v) is 15.1. The number of rotatable bonds is 7. The van der Waals surface area contributed by atoms with Crippen LogP contribution in [0, 0.1) is 0 Å². The van der Waals surface area contributed by atoms with E-state index in [1.807, 2.05) is 35.7 Å². The van der Waals surface area contributed by atoms with Gasteiger partial charge < -0.3 is 10.1 Å². The van der Waals surface area contributed by atoms with Crippen LogP contribution < -0.4 is 20.9 Å². The molecular formula is C17H21N3O2S2. The van der Waals surface area contributed by atoms with Crippen molar-refractivity contribution < 1.29 is 9.53 Å². The summed E-state index contributed by atoms with van der Waals surface area (Å²) in [6.45, 7) is 0.573. The second kappa shape index (κ2) is 9.89. The lowest BCUT2D eigenvalue weighted by Gasteiger charge is -2.11. The fourth-order valence-electron chi connectivity index (χ4n) is 2.04. The van der Waals surface area contributed by atoms with Crippen LogP contribution in [0.15, 0.2) is 41.8 Å². The molecule has 2 aromatic rings. The second-order valence-corrected chi connectivity index (χ2v) is 6.58. The van der Waals surface area contributed by atoms with Crippen molar-refractivity contribution in [2.24, 2.45) is 0 Å². The molecule has 1 heterocycles. The van der Waals surface area contributed by atoms with E-state index >= 15 is 0 Å². The minimum Gasteiger partial charge on any atom is -0.497 e. The summed E-state index contributed by atoms with van der Waals surface area (Å²) >= 11 is 6.85. The average molecular weight is 364 g/mol. The Balaban J connectivity index is 1.58. The van der Waals surface area contributed by atoms with Crippen molar-refractivity contribution in [3.8, 4) is 5.75 Å². The van der Waals surface area contributed by atoms with Gasteiger partial charge in [0.2, 0.25) is 5.91 Å². The molecule has 3 N–H and O–H groups in total.